The second-order valence-corrected chi connectivity index (χ2v) is 7.20. The van der Waals surface area contributed by atoms with Gasteiger partial charge in [-0.15, -0.1) is 5.10 Å². The van der Waals surface area contributed by atoms with E-state index in [1.54, 1.807) is 23.7 Å². The zero-order valence-corrected chi connectivity index (χ0v) is 16.2. The first kappa shape index (κ1) is 17.8. The van der Waals surface area contributed by atoms with E-state index in [4.69, 9.17) is 9.15 Å². The van der Waals surface area contributed by atoms with E-state index in [0.717, 1.165) is 5.75 Å². The summed E-state index contributed by atoms with van der Waals surface area (Å²) in [6.07, 6.45) is 1.53. The molecule has 1 atom stereocenters. The Morgan fingerprint density at radius 2 is 2.40 bits per heavy atom. The molecule has 2 aromatic heterocycles. The number of allylic oxidation sites excluding steroid dienone is 1. The van der Waals surface area contributed by atoms with E-state index in [0.29, 0.717) is 32.8 Å². The maximum absolute atomic E-state index is 12.6. The number of furan rings is 1. The van der Waals surface area contributed by atoms with Crippen molar-refractivity contribution in [3.8, 4) is 0 Å². The number of ether oxygens (including phenoxy) is 1. The van der Waals surface area contributed by atoms with Crippen molar-refractivity contribution >= 4 is 39.6 Å². The Morgan fingerprint density at radius 1 is 1.60 bits per heavy atom. The highest BCUT2D eigenvalue weighted by Gasteiger charge is 2.37. The standard InChI is InChI=1S/C16H17BrN4O3S/c1-4-8-23-14(22)12-9(3)18-15-19-16(25-5-2)20-21(15)13(12)10-6-7-11(17)24-10/h4,6-7,13H,1,5,8H2,2-3H3,(H,18,19,20). The van der Waals surface area contributed by atoms with E-state index < -0.39 is 12.0 Å². The molecule has 0 radical (unpaired) electrons. The van der Waals surface area contributed by atoms with Crippen molar-refractivity contribution in [3.63, 3.8) is 0 Å². The van der Waals surface area contributed by atoms with Gasteiger partial charge in [0, 0.05) is 5.70 Å². The van der Waals surface area contributed by atoms with Crippen molar-refractivity contribution in [2.24, 2.45) is 0 Å². The number of nitrogens with zero attached hydrogens (tertiary/aromatic N) is 3. The predicted molar refractivity (Wildman–Crippen MR) is 98.4 cm³/mol. The molecule has 0 aliphatic carbocycles. The number of carbonyl (C=O) groups excluding carboxylic acids is 1. The summed E-state index contributed by atoms with van der Waals surface area (Å²) in [7, 11) is 0. The Hall–Kier alpha value is -2.00. The van der Waals surface area contributed by atoms with Crippen molar-refractivity contribution in [2.75, 3.05) is 17.7 Å². The van der Waals surface area contributed by atoms with Crippen molar-refractivity contribution in [1.82, 2.24) is 14.8 Å². The smallest absolute Gasteiger partial charge is 0.338 e. The number of hydrogen-bond donors (Lipinski definition) is 1. The topological polar surface area (TPSA) is 82.2 Å². The normalized spacial score (nSPS) is 16.4. The Kier molecular flexibility index (Phi) is 5.33. The number of hydrogen-bond acceptors (Lipinski definition) is 7. The maximum Gasteiger partial charge on any atom is 0.338 e. The summed E-state index contributed by atoms with van der Waals surface area (Å²) in [5, 5.41) is 8.29. The number of thioether (sulfide) groups is 1. The molecule has 0 bridgehead atoms. The van der Waals surface area contributed by atoms with Gasteiger partial charge in [0.1, 0.15) is 18.4 Å². The third-order valence-electron chi connectivity index (χ3n) is 3.52. The van der Waals surface area contributed by atoms with Crippen LogP contribution in [0.15, 0.2) is 50.3 Å². The van der Waals surface area contributed by atoms with Gasteiger partial charge in [-0.2, -0.15) is 4.98 Å². The number of aromatic nitrogens is 3. The van der Waals surface area contributed by atoms with Crippen molar-refractivity contribution in [3.05, 3.63) is 46.5 Å². The average molecular weight is 425 g/mol. The van der Waals surface area contributed by atoms with Gasteiger partial charge in [0.15, 0.2) is 4.67 Å². The zero-order valence-electron chi connectivity index (χ0n) is 13.8. The molecule has 1 aliphatic rings. The monoisotopic (exact) mass is 424 g/mol. The molecule has 0 fully saturated rings. The Balaban J connectivity index is 2.08. The van der Waals surface area contributed by atoms with Crippen LogP contribution in [0.25, 0.3) is 0 Å². The van der Waals surface area contributed by atoms with Crippen LogP contribution in [0, 0.1) is 0 Å². The van der Waals surface area contributed by atoms with Crippen LogP contribution >= 0.6 is 27.7 Å². The van der Waals surface area contributed by atoms with Crippen molar-refractivity contribution in [2.45, 2.75) is 25.0 Å². The molecule has 0 aromatic carbocycles. The van der Waals surface area contributed by atoms with Crippen molar-refractivity contribution < 1.29 is 13.9 Å². The molecule has 1 unspecified atom stereocenters. The quantitative estimate of drug-likeness (QED) is 0.429. The molecular formula is C16H17BrN4O3S. The summed E-state index contributed by atoms with van der Waals surface area (Å²) >= 11 is 4.83. The number of carbonyl (C=O) groups is 1. The van der Waals surface area contributed by atoms with E-state index in [1.807, 2.05) is 6.92 Å². The number of esters is 1. The van der Waals surface area contributed by atoms with E-state index >= 15 is 0 Å². The Morgan fingerprint density at radius 3 is 3.04 bits per heavy atom. The third-order valence-corrected chi connectivity index (χ3v) is 4.67. The minimum Gasteiger partial charge on any atom is -0.458 e. The van der Waals surface area contributed by atoms with Gasteiger partial charge < -0.3 is 14.5 Å². The summed E-state index contributed by atoms with van der Waals surface area (Å²) in [4.78, 5) is 17.1. The maximum atomic E-state index is 12.6. The lowest BCUT2D eigenvalue weighted by molar-refractivity contribution is -0.138. The molecule has 0 amide bonds. The van der Waals surface area contributed by atoms with E-state index in [2.05, 4.69) is 37.9 Å². The highest BCUT2D eigenvalue weighted by atomic mass is 79.9. The van der Waals surface area contributed by atoms with Crippen LogP contribution in [0.5, 0.6) is 0 Å². The van der Waals surface area contributed by atoms with Gasteiger partial charge in [0.2, 0.25) is 11.1 Å². The summed E-state index contributed by atoms with van der Waals surface area (Å²) in [6.45, 7) is 7.54. The van der Waals surface area contributed by atoms with E-state index in [1.165, 1.54) is 17.8 Å². The summed E-state index contributed by atoms with van der Waals surface area (Å²) in [5.74, 6) is 1.53. The largest absolute Gasteiger partial charge is 0.458 e. The lowest BCUT2D eigenvalue weighted by Crippen LogP contribution is -2.29. The minimum atomic E-state index is -0.557. The van der Waals surface area contributed by atoms with Gasteiger partial charge in [0.05, 0.1) is 5.57 Å². The molecular weight excluding hydrogens is 408 g/mol. The van der Waals surface area contributed by atoms with Gasteiger partial charge in [-0.1, -0.05) is 31.3 Å². The fourth-order valence-corrected chi connectivity index (χ4v) is 3.41. The molecule has 3 heterocycles. The number of halogens is 1. The molecule has 2 aromatic rings. The third kappa shape index (κ3) is 3.52. The SMILES string of the molecule is C=CCOC(=O)C1=C(C)Nc2nc(SCC)nn2C1c1ccc(Br)o1. The first-order valence-electron chi connectivity index (χ1n) is 7.65. The number of nitrogens with one attached hydrogen (secondary N) is 1. The number of anilines is 1. The molecule has 7 nitrogen and oxygen atoms in total. The van der Waals surface area contributed by atoms with Crippen LogP contribution in [-0.2, 0) is 9.53 Å². The van der Waals surface area contributed by atoms with Crippen LogP contribution < -0.4 is 5.32 Å². The first-order valence-corrected chi connectivity index (χ1v) is 9.43. The van der Waals surface area contributed by atoms with Gasteiger partial charge in [-0.25, -0.2) is 9.48 Å². The molecule has 1 N–H and O–H groups in total. The first-order chi connectivity index (χ1) is 12.0. The molecule has 1 aliphatic heterocycles. The second kappa shape index (κ2) is 7.49. The lowest BCUT2D eigenvalue weighted by atomic mass is 10.0. The average Bonchev–Trinajstić information content (AvgIpc) is 3.17. The van der Waals surface area contributed by atoms with Crippen LogP contribution in [0.2, 0.25) is 0 Å². The molecule has 0 spiro atoms. The van der Waals surface area contributed by atoms with Crippen LogP contribution in [0.1, 0.15) is 25.6 Å². The number of fused-ring (bicyclic) bond motifs is 1. The summed E-state index contributed by atoms with van der Waals surface area (Å²) in [6, 6.07) is 3.02. The second-order valence-electron chi connectivity index (χ2n) is 5.19. The summed E-state index contributed by atoms with van der Waals surface area (Å²) in [5.41, 5.74) is 1.08. The van der Waals surface area contributed by atoms with Gasteiger partial charge in [-0.3, -0.25) is 0 Å². The zero-order chi connectivity index (χ0) is 18.0. The molecule has 0 saturated heterocycles. The number of rotatable bonds is 6. The van der Waals surface area contributed by atoms with Crippen molar-refractivity contribution in [1.29, 1.82) is 0 Å². The van der Waals surface area contributed by atoms with Crippen LogP contribution in [-0.4, -0.2) is 33.1 Å². The molecule has 3 rings (SSSR count). The summed E-state index contributed by atoms with van der Waals surface area (Å²) < 4.78 is 13.2. The predicted octanol–water partition coefficient (Wildman–Crippen LogP) is 3.76. The Bertz CT molecular complexity index is 842. The fourth-order valence-electron chi connectivity index (χ4n) is 2.54. The van der Waals surface area contributed by atoms with Crippen LogP contribution in [0.3, 0.4) is 0 Å². The van der Waals surface area contributed by atoms with Crippen LogP contribution in [0.4, 0.5) is 5.95 Å². The minimum absolute atomic E-state index is 0.130. The molecule has 132 valence electrons. The highest BCUT2D eigenvalue weighted by Crippen LogP contribution is 2.37. The Labute approximate surface area is 157 Å². The van der Waals surface area contributed by atoms with Gasteiger partial charge in [0.25, 0.3) is 0 Å². The highest BCUT2D eigenvalue weighted by molar-refractivity contribution is 9.10. The molecule has 0 saturated carbocycles. The van der Waals surface area contributed by atoms with Gasteiger partial charge in [-0.05, 0) is 40.7 Å². The van der Waals surface area contributed by atoms with Gasteiger partial charge >= 0.3 is 5.97 Å². The molecule has 25 heavy (non-hydrogen) atoms. The fraction of sp³-hybridized carbons (Fsp3) is 0.312. The molecule has 9 heteroatoms. The van der Waals surface area contributed by atoms with E-state index in [-0.39, 0.29) is 6.61 Å². The van der Waals surface area contributed by atoms with E-state index in [9.17, 15) is 4.79 Å². The lowest BCUT2D eigenvalue weighted by Gasteiger charge is -2.26.